The van der Waals surface area contributed by atoms with Gasteiger partial charge < -0.3 is 10.1 Å². The molecule has 1 aliphatic rings. The lowest BCUT2D eigenvalue weighted by Gasteiger charge is -2.30. The van der Waals surface area contributed by atoms with Crippen molar-refractivity contribution in [2.24, 2.45) is 0 Å². The van der Waals surface area contributed by atoms with E-state index in [1.54, 1.807) is 19.1 Å². The van der Waals surface area contributed by atoms with E-state index in [4.69, 9.17) is 4.74 Å². The highest BCUT2D eigenvalue weighted by molar-refractivity contribution is 7.92. The van der Waals surface area contributed by atoms with Crippen molar-refractivity contribution < 1.29 is 17.9 Å². The average molecular weight is 425 g/mol. The van der Waals surface area contributed by atoms with Crippen molar-refractivity contribution in [1.29, 1.82) is 0 Å². The fraction of sp³-hybridized carbons (Fsp3) is 0.261. The first-order valence-electron chi connectivity index (χ1n) is 10.0. The van der Waals surface area contributed by atoms with Crippen molar-refractivity contribution in [2.75, 3.05) is 28.5 Å². The van der Waals surface area contributed by atoms with Crippen molar-refractivity contribution >= 4 is 38.1 Å². The minimum Gasteiger partial charge on any atom is -0.484 e. The highest BCUT2D eigenvalue weighted by Gasteiger charge is 2.26. The summed E-state index contributed by atoms with van der Waals surface area (Å²) in [6.07, 6.45) is 1.54. The molecule has 30 heavy (non-hydrogen) atoms. The van der Waals surface area contributed by atoms with E-state index in [9.17, 15) is 13.2 Å². The smallest absolute Gasteiger partial charge is 0.262 e. The monoisotopic (exact) mass is 424 g/mol. The average Bonchev–Trinajstić information content (AvgIpc) is 2.77. The van der Waals surface area contributed by atoms with E-state index in [0.29, 0.717) is 23.7 Å². The summed E-state index contributed by atoms with van der Waals surface area (Å²) in [5.41, 5.74) is 2.26. The molecule has 0 saturated carbocycles. The molecule has 0 fully saturated rings. The Hall–Kier alpha value is -3.06. The van der Waals surface area contributed by atoms with Gasteiger partial charge in [-0.1, -0.05) is 30.3 Å². The number of anilines is 2. The first-order valence-corrected chi connectivity index (χ1v) is 11.6. The number of nitrogens with one attached hydrogen (secondary N) is 1. The molecule has 0 radical (unpaired) electrons. The van der Waals surface area contributed by atoms with Gasteiger partial charge in [-0.25, -0.2) is 8.42 Å². The molecule has 0 unspecified atom stereocenters. The topological polar surface area (TPSA) is 75.7 Å². The molecule has 3 aromatic rings. The quantitative estimate of drug-likeness (QED) is 0.650. The summed E-state index contributed by atoms with van der Waals surface area (Å²) in [6.45, 7) is 2.04. The summed E-state index contributed by atoms with van der Waals surface area (Å²) < 4.78 is 31.8. The summed E-state index contributed by atoms with van der Waals surface area (Å²) >= 11 is 0. The Morgan fingerprint density at radius 2 is 1.87 bits per heavy atom. The number of aryl methyl sites for hydroxylation is 1. The molecule has 1 aliphatic heterocycles. The highest BCUT2D eigenvalue weighted by atomic mass is 32.2. The number of benzene rings is 3. The molecule has 7 heteroatoms. The van der Waals surface area contributed by atoms with Crippen molar-refractivity contribution in [1.82, 2.24) is 0 Å². The van der Waals surface area contributed by atoms with Crippen molar-refractivity contribution in [2.45, 2.75) is 19.8 Å². The number of ether oxygens (including phenoxy) is 1. The standard InChI is InChI=1S/C23H24N2O4S/c1-2-30(27,28)25-13-5-8-19-14-20(10-12-22(19)25)24-23(26)16-29-21-11-9-17-6-3-4-7-18(17)15-21/h3-4,6-7,9-12,14-15H,2,5,8,13,16H2,1H3,(H,24,26). The van der Waals surface area contributed by atoms with Crippen LogP contribution in [0.1, 0.15) is 18.9 Å². The Kier molecular flexibility index (Phi) is 5.63. The second-order valence-corrected chi connectivity index (χ2v) is 9.45. The molecule has 0 saturated heterocycles. The van der Waals surface area contributed by atoms with E-state index in [1.807, 2.05) is 48.5 Å². The number of hydrogen-bond acceptors (Lipinski definition) is 4. The number of carbonyl (C=O) groups is 1. The van der Waals surface area contributed by atoms with Gasteiger partial charge in [0.15, 0.2) is 6.61 Å². The first kappa shape index (κ1) is 20.2. The molecular formula is C23H24N2O4S. The molecule has 6 nitrogen and oxygen atoms in total. The summed E-state index contributed by atoms with van der Waals surface area (Å²) in [5, 5.41) is 5.00. The van der Waals surface area contributed by atoms with E-state index in [-0.39, 0.29) is 18.3 Å². The molecule has 0 bridgehead atoms. The molecule has 0 atom stereocenters. The van der Waals surface area contributed by atoms with E-state index in [2.05, 4.69) is 5.32 Å². The van der Waals surface area contributed by atoms with Gasteiger partial charge in [-0.3, -0.25) is 9.10 Å². The minimum atomic E-state index is -3.30. The molecule has 1 N–H and O–H groups in total. The van der Waals surface area contributed by atoms with Crippen LogP contribution in [0.4, 0.5) is 11.4 Å². The highest BCUT2D eigenvalue weighted by Crippen LogP contribution is 2.31. The second-order valence-electron chi connectivity index (χ2n) is 7.27. The van der Waals surface area contributed by atoms with E-state index < -0.39 is 10.0 Å². The maximum atomic E-state index is 12.3. The lowest BCUT2D eigenvalue weighted by atomic mass is 10.0. The van der Waals surface area contributed by atoms with Gasteiger partial charge in [-0.2, -0.15) is 0 Å². The van der Waals surface area contributed by atoms with Crippen LogP contribution in [-0.2, 0) is 21.2 Å². The molecular weight excluding hydrogens is 400 g/mol. The lowest BCUT2D eigenvalue weighted by molar-refractivity contribution is -0.118. The van der Waals surface area contributed by atoms with Crippen LogP contribution in [0.5, 0.6) is 5.75 Å². The summed E-state index contributed by atoms with van der Waals surface area (Å²) in [7, 11) is -3.30. The number of carbonyl (C=O) groups excluding carboxylic acids is 1. The van der Waals surface area contributed by atoms with Crippen molar-refractivity contribution in [3.8, 4) is 5.75 Å². The molecule has 156 valence electrons. The normalized spacial score (nSPS) is 13.7. The van der Waals surface area contributed by atoms with Gasteiger partial charge in [0.1, 0.15) is 5.75 Å². The fourth-order valence-electron chi connectivity index (χ4n) is 3.69. The van der Waals surface area contributed by atoms with Crippen LogP contribution in [0, 0.1) is 0 Å². The van der Waals surface area contributed by atoms with Gasteiger partial charge in [-0.15, -0.1) is 0 Å². The molecule has 0 aromatic heterocycles. The first-order chi connectivity index (χ1) is 14.5. The third-order valence-electron chi connectivity index (χ3n) is 5.23. The number of rotatable bonds is 6. The molecule has 0 spiro atoms. The van der Waals surface area contributed by atoms with Crippen LogP contribution in [0.25, 0.3) is 10.8 Å². The van der Waals surface area contributed by atoms with Gasteiger partial charge >= 0.3 is 0 Å². The molecule has 4 rings (SSSR count). The Balaban J connectivity index is 1.42. The Bertz CT molecular complexity index is 1190. The van der Waals surface area contributed by atoms with Gasteiger partial charge in [0.2, 0.25) is 10.0 Å². The van der Waals surface area contributed by atoms with Gasteiger partial charge in [-0.05, 0) is 66.4 Å². The van der Waals surface area contributed by atoms with Crippen molar-refractivity contribution in [3.63, 3.8) is 0 Å². The minimum absolute atomic E-state index is 0.0665. The largest absolute Gasteiger partial charge is 0.484 e. The maximum Gasteiger partial charge on any atom is 0.262 e. The summed E-state index contributed by atoms with van der Waals surface area (Å²) in [5.74, 6) is 0.434. The van der Waals surface area contributed by atoms with Crippen LogP contribution in [0.15, 0.2) is 60.7 Å². The van der Waals surface area contributed by atoms with E-state index >= 15 is 0 Å². The predicted octanol–water partition coefficient (Wildman–Crippen LogP) is 3.96. The Morgan fingerprint density at radius 3 is 2.67 bits per heavy atom. The van der Waals surface area contributed by atoms with Gasteiger partial charge in [0.25, 0.3) is 5.91 Å². The fourth-order valence-corrected chi connectivity index (χ4v) is 4.89. The number of nitrogens with zero attached hydrogens (tertiary/aromatic N) is 1. The van der Waals surface area contributed by atoms with Crippen molar-refractivity contribution in [3.05, 3.63) is 66.2 Å². The number of sulfonamides is 1. The summed E-state index contributed by atoms with van der Waals surface area (Å²) in [4.78, 5) is 12.3. The van der Waals surface area contributed by atoms with Crippen LogP contribution in [-0.4, -0.2) is 33.2 Å². The van der Waals surface area contributed by atoms with Crippen LogP contribution < -0.4 is 14.4 Å². The third kappa shape index (κ3) is 4.26. The Labute approximate surface area is 176 Å². The lowest BCUT2D eigenvalue weighted by Crippen LogP contribution is -2.36. The maximum absolute atomic E-state index is 12.3. The number of amides is 1. The molecule has 0 aliphatic carbocycles. The van der Waals surface area contributed by atoms with Crippen LogP contribution in [0.3, 0.4) is 0 Å². The van der Waals surface area contributed by atoms with E-state index in [1.165, 1.54) is 4.31 Å². The van der Waals surface area contributed by atoms with Crippen LogP contribution in [0.2, 0.25) is 0 Å². The zero-order valence-electron chi connectivity index (χ0n) is 16.8. The third-order valence-corrected chi connectivity index (χ3v) is 7.01. The summed E-state index contributed by atoms with van der Waals surface area (Å²) in [6, 6.07) is 19.0. The SMILES string of the molecule is CCS(=O)(=O)N1CCCc2cc(NC(=O)COc3ccc4ccccc4c3)ccc21. The molecule has 1 amide bonds. The zero-order valence-corrected chi connectivity index (χ0v) is 17.6. The Morgan fingerprint density at radius 1 is 1.07 bits per heavy atom. The second kappa shape index (κ2) is 8.36. The molecule has 1 heterocycles. The number of fused-ring (bicyclic) bond motifs is 2. The predicted molar refractivity (Wildman–Crippen MR) is 120 cm³/mol. The van der Waals surface area contributed by atoms with Gasteiger partial charge in [0, 0.05) is 12.2 Å². The molecule has 3 aromatic carbocycles. The van der Waals surface area contributed by atoms with Gasteiger partial charge in [0.05, 0.1) is 11.4 Å². The van der Waals surface area contributed by atoms with Crippen LogP contribution >= 0.6 is 0 Å². The number of hydrogen-bond donors (Lipinski definition) is 1. The zero-order chi connectivity index (χ0) is 21.1. The van der Waals surface area contributed by atoms with E-state index in [0.717, 1.165) is 29.2 Å².